The first kappa shape index (κ1) is 13.4. The lowest BCUT2D eigenvalue weighted by Crippen LogP contribution is -2.13. The summed E-state index contributed by atoms with van der Waals surface area (Å²) in [6.45, 7) is 1.89. The van der Waals surface area contributed by atoms with E-state index in [1.165, 1.54) is 12.1 Å². The van der Waals surface area contributed by atoms with Crippen LogP contribution in [0.3, 0.4) is 0 Å². The quantitative estimate of drug-likeness (QED) is 0.587. The predicted octanol–water partition coefficient (Wildman–Crippen LogP) is 3.30. The number of nitrogens with two attached hydrogens (primary N) is 1. The number of benzene rings is 2. The minimum atomic E-state index is -0.397. The molecule has 0 radical (unpaired) electrons. The van der Waals surface area contributed by atoms with Crippen LogP contribution in [0.15, 0.2) is 40.9 Å². The van der Waals surface area contributed by atoms with Crippen molar-refractivity contribution >= 4 is 33.2 Å². The van der Waals surface area contributed by atoms with Crippen LogP contribution in [0.1, 0.15) is 15.9 Å². The van der Waals surface area contributed by atoms with Crippen LogP contribution in [0, 0.1) is 6.92 Å². The Morgan fingerprint density at radius 2 is 1.95 bits per heavy atom. The average molecular weight is 321 g/mol. The molecule has 0 aliphatic rings. The number of hydrogen-bond donors (Lipinski definition) is 3. The Labute approximate surface area is 119 Å². The van der Waals surface area contributed by atoms with E-state index in [4.69, 9.17) is 5.73 Å². The van der Waals surface area contributed by atoms with E-state index in [-0.39, 0.29) is 17.0 Å². The highest BCUT2D eigenvalue weighted by Gasteiger charge is 2.14. The molecule has 2 aromatic carbocycles. The number of hydrogen-bond acceptors (Lipinski definition) is 3. The Kier molecular flexibility index (Phi) is 3.76. The predicted molar refractivity (Wildman–Crippen MR) is 79.4 cm³/mol. The Morgan fingerprint density at radius 1 is 1.26 bits per heavy atom. The van der Waals surface area contributed by atoms with Crippen molar-refractivity contribution in [2.45, 2.75) is 6.92 Å². The van der Waals surface area contributed by atoms with Gasteiger partial charge in [0.1, 0.15) is 0 Å². The fraction of sp³-hybridized carbons (Fsp3) is 0.0714. The number of para-hydroxylation sites is 1. The first-order valence-electron chi connectivity index (χ1n) is 5.64. The van der Waals surface area contributed by atoms with E-state index in [0.717, 1.165) is 10.0 Å². The largest absolute Gasteiger partial charge is 0.505 e. The standard InChI is InChI=1S/C14H13BrN2O2/c1-8-10(15)5-3-7-12(8)17-14(19)9-4-2-6-11(16)13(9)18/h2-7,18H,16H2,1H3,(H,17,19). The van der Waals surface area contributed by atoms with E-state index in [1.807, 2.05) is 19.1 Å². The molecule has 1 amide bonds. The van der Waals surface area contributed by atoms with Crippen LogP contribution in [0.25, 0.3) is 0 Å². The summed E-state index contributed by atoms with van der Waals surface area (Å²) in [6.07, 6.45) is 0. The number of anilines is 2. The lowest BCUT2D eigenvalue weighted by atomic mass is 10.1. The molecular formula is C14H13BrN2O2. The van der Waals surface area contributed by atoms with Crippen molar-refractivity contribution in [1.29, 1.82) is 0 Å². The number of halogens is 1. The Bertz CT molecular complexity index is 641. The van der Waals surface area contributed by atoms with Gasteiger partial charge >= 0.3 is 0 Å². The van der Waals surface area contributed by atoms with E-state index in [0.29, 0.717) is 5.69 Å². The zero-order chi connectivity index (χ0) is 14.0. The van der Waals surface area contributed by atoms with Gasteiger partial charge in [0.2, 0.25) is 0 Å². The summed E-state index contributed by atoms with van der Waals surface area (Å²) >= 11 is 3.40. The Hall–Kier alpha value is -2.01. The van der Waals surface area contributed by atoms with Gasteiger partial charge in [0, 0.05) is 10.2 Å². The molecule has 0 fully saturated rings. The number of phenolic OH excluding ortho intramolecular Hbond substituents is 1. The van der Waals surface area contributed by atoms with Crippen LogP contribution < -0.4 is 11.1 Å². The van der Waals surface area contributed by atoms with Gasteiger partial charge < -0.3 is 16.2 Å². The van der Waals surface area contributed by atoms with Crippen molar-refractivity contribution in [2.24, 2.45) is 0 Å². The molecular weight excluding hydrogens is 308 g/mol. The van der Waals surface area contributed by atoms with Crippen LogP contribution in [-0.2, 0) is 0 Å². The Morgan fingerprint density at radius 3 is 2.68 bits per heavy atom. The number of carbonyl (C=O) groups is 1. The van der Waals surface area contributed by atoms with Crippen LogP contribution in [-0.4, -0.2) is 11.0 Å². The molecule has 0 heterocycles. The SMILES string of the molecule is Cc1c(Br)cccc1NC(=O)c1cccc(N)c1O. The summed E-state index contributed by atoms with van der Waals surface area (Å²) in [5.74, 6) is -0.598. The van der Waals surface area contributed by atoms with E-state index < -0.39 is 5.91 Å². The summed E-state index contributed by atoms with van der Waals surface area (Å²) in [5.41, 5.74) is 7.50. The molecule has 98 valence electrons. The second-order valence-electron chi connectivity index (χ2n) is 4.11. The van der Waals surface area contributed by atoms with Gasteiger partial charge in [0.15, 0.2) is 5.75 Å². The number of phenols is 1. The number of nitrogen functional groups attached to an aromatic ring is 1. The highest BCUT2D eigenvalue weighted by atomic mass is 79.9. The maximum absolute atomic E-state index is 12.1. The van der Waals surface area contributed by atoms with Crippen molar-refractivity contribution in [3.8, 4) is 5.75 Å². The molecule has 19 heavy (non-hydrogen) atoms. The smallest absolute Gasteiger partial charge is 0.259 e. The van der Waals surface area contributed by atoms with Gasteiger partial charge in [-0.05, 0) is 36.8 Å². The maximum Gasteiger partial charge on any atom is 0.259 e. The van der Waals surface area contributed by atoms with Crippen molar-refractivity contribution in [3.05, 3.63) is 52.0 Å². The fourth-order valence-electron chi connectivity index (χ4n) is 1.68. The van der Waals surface area contributed by atoms with Gasteiger partial charge in [-0.3, -0.25) is 4.79 Å². The molecule has 0 spiro atoms. The highest BCUT2D eigenvalue weighted by molar-refractivity contribution is 9.10. The number of carbonyl (C=O) groups excluding carboxylic acids is 1. The third-order valence-electron chi connectivity index (χ3n) is 2.83. The molecule has 2 rings (SSSR count). The van der Waals surface area contributed by atoms with Gasteiger partial charge in [-0.2, -0.15) is 0 Å². The van der Waals surface area contributed by atoms with Gasteiger partial charge in [0.25, 0.3) is 5.91 Å². The van der Waals surface area contributed by atoms with Crippen molar-refractivity contribution in [3.63, 3.8) is 0 Å². The van der Waals surface area contributed by atoms with E-state index in [2.05, 4.69) is 21.2 Å². The molecule has 0 bridgehead atoms. The third-order valence-corrected chi connectivity index (χ3v) is 3.69. The number of aromatic hydroxyl groups is 1. The van der Waals surface area contributed by atoms with Crippen LogP contribution in [0.5, 0.6) is 5.75 Å². The molecule has 0 unspecified atom stereocenters. The van der Waals surface area contributed by atoms with Gasteiger partial charge in [0.05, 0.1) is 11.3 Å². The molecule has 5 heteroatoms. The number of nitrogens with one attached hydrogen (secondary N) is 1. The maximum atomic E-state index is 12.1. The first-order chi connectivity index (χ1) is 9.00. The second kappa shape index (κ2) is 5.32. The summed E-state index contributed by atoms with van der Waals surface area (Å²) in [7, 11) is 0. The molecule has 2 aromatic rings. The molecule has 0 saturated heterocycles. The van der Waals surface area contributed by atoms with E-state index in [1.54, 1.807) is 12.1 Å². The van der Waals surface area contributed by atoms with E-state index >= 15 is 0 Å². The van der Waals surface area contributed by atoms with E-state index in [9.17, 15) is 9.90 Å². The first-order valence-corrected chi connectivity index (χ1v) is 6.44. The lowest BCUT2D eigenvalue weighted by molar-refractivity contribution is 0.102. The molecule has 4 nitrogen and oxygen atoms in total. The third kappa shape index (κ3) is 2.71. The van der Waals surface area contributed by atoms with Crippen molar-refractivity contribution < 1.29 is 9.90 Å². The minimum absolute atomic E-state index is 0.152. The molecule has 0 aliphatic heterocycles. The van der Waals surface area contributed by atoms with Gasteiger partial charge in [-0.25, -0.2) is 0 Å². The molecule has 0 aliphatic carbocycles. The van der Waals surface area contributed by atoms with Crippen LogP contribution in [0.2, 0.25) is 0 Å². The average Bonchev–Trinajstić information content (AvgIpc) is 2.38. The number of rotatable bonds is 2. The summed E-state index contributed by atoms with van der Waals surface area (Å²) < 4.78 is 0.905. The topological polar surface area (TPSA) is 75.4 Å². The minimum Gasteiger partial charge on any atom is -0.505 e. The van der Waals surface area contributed by atoms with Gasteiger partial charge in [-0.15, -0.1) is 0 Å². The molecule has 0 saturated carbocycles. The molecule has 0 atom stereocenters. The second-order valence-corrected chi connectivity index (χ2v) is 4.96. The van der Waals surface area contributed by atoms with Crippen LogP contribution in [0.4, 0.5) is 11.4 Å². The normalized spacial score (nSPS) is 10.2. The summed E-state index contributed by atoms with van der Waals surface area (Å²) in [6, 6.07) is 10.2. The summed E-state index contributed by atoms with van der Waals surface area (Å²) in [5, 5.41) is 12.5. The molecule has 4 N–H and O–H groups in total. The van der Waals surface area contributed by atoms with Crippen LogP contribution >= 0.6 is 15.9 Å². The zero-order valence-corrected chi connectivity index (χ0v) is 11.9. The van der Waals surface area contributed by atoms with Crippen molar-refractivity contribution in [2.75, 3.05) is 11.1 Å². The summed E-state index contributed by atoms with van der Waals surface area (Å²) in [4.78, 5) is 12.1. The van der Waals surface area contributed by atoms with Crippen molar-refractivity contribution in [1.82, 2.24) is 0 Å². The fourth-order valence-corrected chi connectivity index (χ4v) is 2.04. The van der Waals surface area contributed by atoms with Gasteiger partial charge in [-0.1, -0.05) is 28.1 Å². The monoisotopic (exact) mass is 320 g/mol. The molecule has 0 aromatic heterocycles. The highest BCUT2D eigenvalue weighted by Crippen LogP contribution is 2.27. The zero-order valence-electron chi connectivity index (χ0n) is 10.3. The Balaban J connectivity index is 2.31. The number of amides is 1. The lowest BCUT2D eigenvalue weighted by Gasteiger charge is -2.11.